The third kappa shape index (κ3) is 2.49. The second-order valence-corrected chi connectivity index (χ2v) is 4.11. The molecule has 1 aliphatic rings. The lowest BCUT2D eigenvalue weighted by Crippen LogP contribution is -2.89. The van der Waals surface area contributed by atoms with E-state index in [0.717, 1.165) is 26.2 Å². The Balaban J connectivity index is 2.12. The summed E-state index contributed by atoms with van der Waals surface area (Å²) in [7, 11) is 0. The van der Waals surface area contributed by atoms with Gasteiger partial charge in [0.1, 0.15) is 0 Å². The molecule has 1 aliphatic heterocycles. The molecule has 2 N–H and O–H groups in total. The minimum Gasteiger partial charge on any atom is -0.343 e. The summed E-state index contributed by atoms with van der Waals surface area (Å²) in [4.78, 5) is 13.9. The number of carbonyl (C=O) groups excluding carboxylic acids is 1. The molecule has 1 aromatic rings. The summed E-state index contributed by atoms with van der Waals surface area (Å²) in [5, 5.41) is 2.84. The van der Waals surface area contributed by atoms with Gasteiger partial charge in [0.05, 0.1) is 26.2 Å². The van der Waals surface area contributed by atoms with Crippen molar-refractivity contribution in [3.63, 3.8) is 0 Å². The number of piperazine rings is 1. The summed E-state index contributed by atoms with van der Waals surface area (Å²) in [6.45, 7) is 3.63. The number of nitrogens with two attached hydrogens (primary N) is 1. The molecule has 1 fully saturated rings. The molecule has 0 atom stereocenters. The largest absolute Gasteiger partial charge is 0.343 e. The van der Waals surface area contributed by atoms with Crippen molar-refractivity contribution in [3.05, 3.63) is 34.9 Å². The van der Waals surface area contributed by atoms with Gasteiger partial charge in [-0.15, -0.1) is 0 Å². The number of hydrogen-bond donors (Lipinski definition) is 1. The van der Waals surface area contributed by atoms with E-state index in [9.17, 15) is 4.79 Å². The summed E-state index contributed by atoms with van der Waals surface area (Å²) in [5.74, 6) is 0.0885. The molecule has 1 amide bonds. The Hall–Kier alpha value is -1.06. The van der Waals surface area contributed by atoms with Crippen LogP contribution in [0.1, 0.15) is 10.4 Å². The first-order valence-electron chi connectivity index (χ1n) is 5.14. The van der Waals surface area contributed by atoms with Crippen molar-refractivity contribution in [3.8, 4) is 0 Å². The van der Waals surface area contributed by atoms with Crippen molar-refractivity contribution in [2.75, 3.05) is 26.2 Å². The average molecular weight is 226 g/mol. The molecule has 0 spiro atoms. The number of carbonyl (C=O) groups is 1. The molecule has 80 valence electrons. The van der Waals surface area contributed by atoms with Crippen molar-refractivity contribution in [2.24, 2.45) is 0 Å². The standard InChI is InChI=1S/C11H13ClN2O/c12-10-3-1-2-9(8-10)11(15)14-6-4-13-5-7-14/h1-3,8,13H,4-7H2/p+1. The summed E-state index contributed by atoms with van der Waals surface area (Å²) >= 11 is 5.85. The topological polar surface area (TPSA) is 36.9 Å². The first kappa shape index (κ1) is 10.5. The smallest absolute Gasteiger partial charge is 0.254 e. The van der Waals surface area contributed by atoms with E-state index in [1.165, 1.54) is 0 Å². The number of quaternary nitrogens is 1. The third-order valence-electron chi connectivity index (χ3n) is 2.57. The molecule has 0 saturated carbocycles. The summed E-state index contributed by atoms with van der Waals surface area (Å²) < 4.78 is 0. The average Bonchev–Trinajstić information content (AvgIpc) is 2.29. The first-order valence-corrected chi connectivity index (χ1v) is 5.51. The highest BCUT2D eigenvalue weighted by Gasteiger charge is 2.19. The molecular weight excluding hydrogens is 212 g/mol. The minimum atomic E-state index is 0.0885. The number of amides is 1. The molecule has 2 rings (SSSR count). The molecule has 0 unspecified atom stereocenters. The van der Waals surface area contributed by atoms with Crippen LogP contribution in [0.2, 0.25) is 5.02 Å². The van der Waals surface area contributed by atoms with Crippen LogP contribution in [0.3, 0.4) is 0 Å². The van der Waals surface area contributed by atoms with Gasteiger partial charge in [-0.2, -0.15) is 0 Å². The normalized spacial score (nSPS) is 16.5. The first-order chi connectivity index (χ1) is 7.27. The van der Waals surface area contributed by atoms with Gasteiger partial charge < -0.3 is 10.2 Å². The Morgan fingerprint density at radius 3 is 2.73 bits per heavy atom. The van der Waals surface area contributed by atoms with E-state index < -0.39 is 0 Å². The Bertz CT molecular complexity index is 361. The second-order valence-electron chi connectivity index (χ2n) is 3.67. The van der Waals surface area contributed by atoms with E-state index in [1.54, 1.807) is 12.1 Å². The molecule has 0 aliphatic carbocycles. The zero-order valence-corrected chi connectivity index (χ0v) is 9.20. The van der Waals surface area contributed by atoms with Gasteiger partial charge in [-0.25, -0.2) is 0 Å². The SMILES string of the molecule is O=C(c1cccc(Cl)c1)N1CC[NH2+]CC1. The molecule has 1 aromatic carbocycles. The predicted octanol–water partition coefficient (Wildman–Crippen LogP) is 0.359. The Labute approximate surface area is 94.0 Å². The summed E-state index contributed by atoms with van der Waals surface area (Å²) in [5.41, 5.74) is 0.685. The van der Waals surface area contributed by atoms with Crippen LogP contribution in [0.4, 0.5) is 0 Å². The van der Waals surface area contributed by atoms with Gasteiger partial charge in [-0.05, 0) is 18.2 Å². The molecule has 3 nitrogen and oxygen atoms in total. The molecule has 1 heterocycles. The van der Waals surface area contributed by atoms with E-state index in [2.05, 4.69) is 5.32 Å². The zero-order valence-electron chi connectivity index (χ0n) is 8.45. The fourth-order valence-corrected chi connectivity index (χ4v) is 1.95. The van der Waals surface area contributed by atoms with Gasteiger partial charge in [0.25, 0.3) is 5.91 Å². The predicted molar refractivity (Wildman–Crippen MR) is 59.0 cm³/mol. The summed E-state index contributed by atoms with van der Waals surface area (Å²) in [6, 6.07) is 7.13. The molecule has 1 saturated heterocycles. The molecule has 0 radical (unpaired) electrons. The number of rotatable bonds is 1. The van der Waals surface area contributed by atoms with Crippen LogP contribution in [-0.4, -0.2) is 37.0 Å². The van der Waals surface area contributed by atoms with Crippen LogP contribution in [-0.2, 0) is 0 Å². The zero-order chi connectivity index (χ0) is 10.7. The lowest BCUT2D eigenvalue weighted by Gasteiger charge is -2.25. The van der Waals surface area contributed by atoms with Crippen LogP contribution in [0.25, 0.3) is 0 Å². The third-order valence-corrected chi connectivity index (χ3v) is 2.80. The lowest BCUT2D eigenvalue weighted by molar-refractivity contribution is -0.661. The number of hydrogen-bond acceptors (Lipinski definition) is 1. The van der Waals surface area contributed by atoms with Crippen molar-refractivity contribution in [2.45, 2.75) is 0 Å². The van der Waals surface area contributed by atoms with E-state index in [4.69, 9.17) is 11.6 Å². The van der Waals surface area contributed by atoms with Crippen LogP contribution >= 0.6 is 11.6 Å². The fourth-order valence-electron chi connectivity index (χ4n) is 1.76. The van der Waals surface area contributed by atoms with E-state index in [0.29, 0.717) is 10.6 Å². The maximum atomic E-state index is 12.0. The monoisotopic (exact) mass is 225 g/mol. The Morgan fingerprint density at radius 1 is 1.33 bits per heavy atom. The highest BCUT2D eigenvalue weighted by atomic mass is 35.5. The van der Waals surface area contributed by atoms with Crippen molar-refractivity contribution < 1.29 is 10.1 Å². The summed E-state index contributed by atoms with van der Waals surface area (Å²) in [6.07, 6.45) is 0. The minimum absolute atomic E-state index is 0.0885. The Morgan fingerprint density at radius 2 is 2.07 bits per heavy atom. The quantitative estimate of drug-likeness (QED) is 0.736. The molecular formula is C11H14ClN2O+. The number of halogens is 1. The van der Waals surface area contributed by atoms with Gasteiger partial charge in [0.2, 0.25) is 0 Å². The van der Waals surface area contributed by atoms with Gasteiger partial charge in [-0.1, -0.05) is 17.7 Å². The van der Waals surface area contributed by atoms with E-state index >= 15 is 0 Å². The van der Waals surface area contributed by atoms with Crippen molar-refractivity contribution in [1.82, 2.24) is 4.90 Å². The Kier molecular flexibility index (Phi) is 3.23. The highest BCUT2D eigenvalue weighted by Crippen LogP contribution is 2.12. The van der Waals surface area contributed by atoms with Gasteiger partial charge in [-0.3, -0.25) is 4.79 Å². The lowest BCUT2D eigenvalue weighted by atomic mass is 10.2. The fraction of sp³-hybridized carbons (Fsp3) is 0.364. The highest BCUT2D eigenvalue weighted by molar-refractivity contribution is 6.30. The van der Waals surface area contributed by atoms with Crippen LogP contribution < -0.4 is 5.32 Å². The number of nitrogens with zero attached hydrogens (tertiary/aromatic N) is 1. The molecule has 0 aromatic heterocycles. The van der Waals surface area contributed by atoms with Crippen LogP contribution in [0.15, 0.2) is 24.3 Å². The van der Waals surface area contributed by atoms with Gasteiger partial charge >= 0.3 is 0 Å². The van der Waals surface area contributed by atoms with Crippen molar-refractivity contribution >= 4 is 17.5 Å². The second kappa shape index (κ2) is 4.64. The van der Waals surface area contributed by atoms with Gasteiger partial charge in [0, 0.05) is 10.6 Å². The van der Waals surface area contributed by atoms with Gasteiger partial charge in [0.15, 0.2) is 0 Å². The maximum absolute atomic E-state index is 12.0. The van der Waals surface area contributed by atoms with E-state index in [-0.39, 0.29) is 5.91 Å². The van der Waals surface area contributed by atoms with E-state index in [1.807, 2.05) is 17.0 Å². The van der Waals surface area contributed by atoms with Crippen molar-refractivity contribution in [1.29, 1.82) is 0 Å². The van der Waals surface area contributed by atoms with Crippen LogP contribution in [0, 0.1) is 0 Å². The maximum Gasteiger partial charge on any atom is 0.254 e. The van der Waals surface area contributed by atoms with Crippen LogP contribution in [0.5, 0.6) is 0 Å². The molecule has 15 heavy (non-hydrogen) atoms. The molecule has 4 heteroatoms. The molecule has 0 bridgehead atoms. The number of benzene rings is 1.